The van der Waals surface area contributed by atoms with Crippen LogP contribution in [-0.4, -0.2) is 12.1 Å². The summed E-state index contributed by atoms with van der Waals surface area (Å²) in [5.41, 5.74) is 0.214. The Bertz CT molecular complexity index is 363. The fourth-order valence-corrected chi connectivity index (χ4v) is 2.21. The number of rotatable bonds is 11. The van der Waals surface area contributed by atoms with Gasteiger partial charge in [-0.3, -0.25) is 9.59 Å². The summed E-state index contributed by atoms with van der Waals surface area (Å²) in [6.45, 7) is 13.4. The second-order valence-electron chi connectivity index (χ2n) is 5.76. The minimum absolute atomic E-state index is 0.0444. The lowest BCUT2D eigenvalue weighted by Gasteiger charge is -2.24. The first-order chi connectivity index (χ1) is 9.41. The van der Waals surface area contributed by atoms with Crippen molar-refractivity contribution in [3.8, 4) is 0 Å². The molecule has 0 saturated carbocycles. The van der Waals surface area contributed by atoms with Gasteiger partial charge >= 0.3 is 0 Å². The molecule has 0 aromatic rings. The first-order valence-corrected chi connectivity index (χ1v) is 7.19. The van der Waals surface area contributed by atoms with Crippen LogP contribution in [0.4, 0.5) is 0 Å². The Morgan fingerprint density at radius 2 is 1.80 bits per heavy atom. The Balaban J connectivity index is 4.66. The van der Waals surface area contributed by atoms with Crippen LogP contribution in [0.3, 0.4) is 0 Å². The largest absolute Gasteiger partial charge is 0.299 e. The Kier molecular flexibility index (Phi) is 8.78. The predicted octanol–water partition coefficient (Wildman–Crippen LogP) is 4.58. The summed E-state index contributed by atoms with van der Waals surface area (Å²) in [7, 11) is 0. The second-order valence-corrected chi connectivity index (χ2v) is 5.76. The number of allylic oxidation sites excluding steroid dienone is 4. The highest BCUT2D eigenvalue weighted by atomic mass is 16.1. The zero-order valence-electron chi connectivity index (χ0n) is 13.1. The van der Waals surface area contributed by atoms with E-state index in [-0.39, 0.29) is 11.7 Å². The highest BCUT2D eigenvalue weighted by Gasteiger charge is 2.36. The molecule has 1 radical (unpaired) electrons. The summed E-state index contributed by atoms with van der Waals surface area (Å²) in [6.07, 6.45) is 10.3. The van der Waals surface area contributed by atoms with Gasteiger partial charge in [-0.15, -0.1) is 13.2 Å². The molecule has 2 heteroatoms. The number of carbonyl (C=O) groups excluding carboxylic acids is 2. The van der Waals surface area contributed by atoms with E-state index in [1.54, 1.807) is 12.2 Å². The van der Waals surface area contributed by atoms with Crippen molar-refractivity contribution in [3.63, 3.8) is 0 Å². The number of hydrogen-bond donors (Lipinski definition) is 0. The molecule has 0 fully saturated rings. The predicted molar refractivity (Wildman–Crippen MR) is 85.2 cm³/mol. The van der Waals surface area contributed by atoms with Crippen molar-refractivity contribution in [1.82, 2.24) is 0 Å². The smallest absolute Gasteiger partial charge is 0.213 e. The summed E-state index contributed by atoms with van der Waals surface area (Å²) in [6, 6.07) is 0. The average Bonchev–Trinajstić information content (AvgIpc) is 2.37. The molecule has 0 aliphatic rings. The van der Waals surface area contributed by atoms with E-state index >= 15 is 0 Å². The molecule has 0 aliphatic carbocycles. The van der Waals surface area contributed by atoms with E-state index in [0.717, 1.165) is 12.8 Å². The molecule has 0 rings (SSSR count). The van der Waals surface area contributed by atoms with E-state index in [1.165, 1.54) is 5.57 Å². The molecule has 0 aromatic carbocycles. The van der Waals surface area contributed by atoms with Crippen molar-refractivity contribution in [3.05, 3.63) is 37.0 Å². The van der Waals surface area contributed by atoms with Gasteiger partial charge in [0.25, 0.3) is 0 Å². The van der Waals surface area contributed by atoms with E-state index in [0.29, 0.717) is 19.3 Å². The third kappa shape index (κ3) is 6.14. The highest BCUT2D eigenvalue weighted by molar-refractivity contribution is 5.98. The van der Waals surface area contributed by atoms with Crippen molar-refractivity contribution in [2.24, 2.45) is 11.3 Å². The molecule has 2 nitrogen and oxygen atoms in total. The SMILES string of the molecule is C=CCC([C]=O)(CC=C)C(=O)C[C@H](C)CCC=C(C)C. The van der Waals surface area contributed by atoms with Gasteiger partial charge in [0, 0.05) is 6.42 Å². The molecule has 1 atom stereocenters. The molecular weight excluding hydrogens is 248 g/mol. The third-order valence-corrected chi connectivity index (χ3v) is 3.46. The molecule has 0 aliphatic heterocycles. The zero-order chi connectivity index (χ0) is 15.6. The summed E-state index contributed by atoms with van der Waals surface area (Å²) < 4.78 is 0. The summed E-state index contributed by atoms with van der Waals surface area (Å²) >= 11 is 0. The fourth-order valence-electron chi connectivity index (χ4n) is 2.21. The Hall–Kier alpha value is -1.44. The van der Waals surface area contributed by atoms with Crippen molar-refractivity contribution >= 4 is 12.1 Å². The maximum absolute atomic E-state index is 12.4. The maximum atomic E-state index is 12.4. The Morgan fingerprint density at radius 1 is 1.25 bits per heavy atom. The topological polar surface area (TPSA) is 34.1 Å². The number of hydrogen-bond acceptors (Lipinski definition) is 2. The van der Waals surface area contributed by atoms with Gasteiger partial charge in [-0.2, -0.15) is 0 Å². The molecule has 111 valence electrons. The van der Waals surface area contributed by atoms with E-state index < -0.39 is 5.41 Å². The van der Waals surface area contributed by atoms with Crippen molar-refractivity contribution in [1.29, 1.82) is 0 Å². The summed E-state index contributed by atoms with van der Waals surface area (Å²) in [4.78, 5) is 23.7. The van der Waals surface area contributed by atoms with Crippen LogP contribution in [0.5, 0.6) is 0 Å². The van der Waals surface area contributed by atoms with E-state index in [2.05, 4.69) is 33.1 Å². The Labute approximate surface area is 123 Å². The number of Topliss-reactive ketones (excluding diaryl/α,β-unsaturated/α-hetero) is 1. The molecule has 0 unspecified atom stereocenters. The van der Waals surface area contributed by atoms with Gasteiger partial charge in [0.15, 0.2) is 0 Å². The van der Waals surface area contributed by atoms with E-state index in [1.807, 2.05) is 13.2 Å². The molecule has 0 amide bonds. The minimum Gasteiger partial charge on any atom is -0.299 e. The maximum Gasteiger partial charge on any atom is 0.213 e. The molecule has 0 N–H and O–H groups in total. The van der Waals surface area contributed by atoms with Crippen LogP contribution < -0.4 is 0 Å². The first kappa shape index (κ1) is 18.6. The summed E-state index contributed by atoms with van der Waals surface area (Å²) in [5, 5.41) is 0. The van der Waals surface area contributed by atoms with Crippen molar-refractivity contribution in [2.75, 3.05) is 0 Å². The lowest BCUT2D eigenvalue weighted by molar-refractivity contribution is -0.126. The van der Waals surface area contributed by atoms with Crippen molar-refractivity contribution < 1.29 is 9.59 Å². The van der Waals surface area contributed by atoms with E-state index in [9.17, 15) is 9.59 Å². The van der Waals surface area contributed by atoms with Crippen LogP contribution >= 0.6 is 0 Å². The van der Waals surface area contributed by atoms with Crippen LogP contribution in [0, 0.1) is 11.3 Å². The molecule has 0 bridgehead atoms. The van der Waals surface area contributed by atoms with Gasteiger partial charge in [-0.25, -0.2) is 0 Å². The lowest BCUT2D eigenvalue weighted by atomic mass is 9.75. The van der Waals surface area contributed by atoms with Crippen LogP contribution in [-0.2, 0) is 9.59 Å². The van der Waals surface area contributed by atoms with Crippen LogP contribution in [0.25, 0.3) is 0 Å². The van der Waals surface area contributed by atoms with Gasteiger partial charge in [0.2, 0.25) is 6.29 Å². The molecular formula is C18H27O2. The zero-order valence-corrected chi connectivity index (χ0v) is 13.1. The van der Waals surface area contributed by atoms with Crippen LogP contribution in [0.15, 0.2) is 37.0 Å². The number of ketones is 1. The van der Waals surface area contributed by atoms with Gasteiger partial charge in [-0.1, -0.05) is 30.7 Å². The molecule has 0 saturated heterocycles. The summed E-state index contributed by atoms with van der Waals surface area (Å²) in [5.74, 6) is 0.220. The molecule has 20 heavy (non-hydrogen) atoms. The quantitative estimate of drug-likeness (QED) is 0.408. The third-order valence-electron chi connectivity index (χ3n) is 3.46. The Morgan fingerprint density at radius 3 is 2.20 bits per heavy atom. The highest BCUT2D eigenvalue weighted by Crippen LogP contribution is 2.30. The fraction of sp³-hybridized carbons (Fsp3) is 0.556. The van der Waals surface area contributed by atoms with Crippen LogP contribution in [0.1, 0.15) is 52.9 Å². The standard InChI is InChI=1S/C18H27O2/c1-6-11-18(14-19,12-7-2)17(20)13-16(5)10-8-9-15(3)4/h6-7,9,16H,1-2,8,10-13H2,3-5H3/t16-/m1/s1. The van der Waals surface area contributed by atoms with Gasteiger partial charge < -0.3 is 0 Å². The molecule has 0 aromatic heterocycles. The monoisotopic (exact) mass is 275 g/mol. The van der Waals surface area contributed by atoms with Gasteiger partial charge in [0.05, 0.1) is 0 Å². The number of carbonyl (C=O) groups is 1. The molecule has 0 heterocycles. The average molecular weight is 275 g/mol. The van der Waals surface area contributed by atoms with E-state index in [4.69, 9.17) is 0 Å². The second kappa shape index (κ2) is 9.46. The minimum atomic E-state index is -1.08. The lowest BCUT2D eigenvalue weighted by Crippen LogP contribution is -2.33. The van der Waals surface area contributed by atoms with Gasteiger partial charge in [-0.05, 0) is 45.4 Å². The van der Waals surface area contributed by atoms with Gasteiger partial charge in [0.1, 0.15) is 11.2 Å². The normalized spacial score (nSPS) is 12.3. The molecule has 0 spiro atoms. The van der Waals surface area contributed by atoms with Crippen molar-refractivity contribution in [2.45, 2.75) is 52.9 Å². The van der Waals surface area contributed by atoms with Crippen LogP contribution in [0.2, 0.25) is 0 Å². The first-order valence-electron chi connectivity index (χ1n) is 7.19.